The Morgan fingerprint density at radius 1 is 1.55 bits per heavy atom. The number of rotatable bonds is 2. The maximum absolute atomic E-state index is 10.6. The van der Waals surface area contributed by atoms with Crippen LogP contribution >= 0.6 is 0 Å². The van der Waals surface area contributed by atoms with Gasteiger partial charge in [-0.1, -0.05) is 0 Å². The predicted octanol–water partition coefficient (Wildman–Crippen LogP) is -0.301. The van der Waals surface area contributed by atoms with Crippen LogP contribution in [0.15, 0.2) is 0 Å². The minimum atomic E-state index is -4.14. The minimum Gasteiger partial charge on any atom is -0.327 e. The van der Waals surface area contributed by atoms with E-state index in [1.165, 1.54) is 20.9 Å². The molecule has 11 heavy (non-hydrogen) atoms. The second kappa shape index (κ2) is 3.19. The molecule has 0 aromatic heterocycles. The first-order chi connectivity index (χ1) is 4.76. The molecule has 0 aromatic rings. The Kier molecular flexibility index (Phi) is 3.01. The van der Waals surface area contributed by atoms with Crippen LogP contribution in [0, 0.1) is 0 Å². The Bertz CT molecular complexity index is 245. The summed E-state index contributed by atoms with van der Waals surface area (Å²) in [5.41, 5.74) is 0. The van der Waals surface area contributed by atoms with Crippen LogP contribution in [-0.2, 0) is 14.9 Å². The van der Waals surface area contributed by atoms with Crippen molar-refractivity contribution in [2.45, 2.75) is 19.2 Å². The quantitative estimate of drug-likeness (QED) is 0.593. The van der Waals surface area contributed by atoms with Gasteiger partial charge < -0.3 is 4.90 Å². The zero-order chi connectivity index (χ0) is 9.23. The normalized spacial score (nSPS) is 14.2. The standard InChI is InChI=1S/C5H11NO4S/c1-4(7)6(3)5(2)11(8,9)10/h5H,1-3H3,(H,8,9,10). The first-order valence-corrected chi connectivity index (χ1v) is 4.47. The maximum atomic E-state index is 10.6. The lowest BCUT2D eigenvalue weighted by atomic mass is 10.5. The van der Waals surface area contributed by atoms with Crippen LogP contribution in [0.3, 0.4) is 0 Å². The Labute approximate surface area is 65.7 Å². The third-order valence-corrected chi connectivity index (χ3v) is 2.65. The summed E-state index contributed by atoms with van der Waals surface area (Å²) < 4.78 is 29.4. The van der Waals surface area contributed by atoms with Gasteiger partial charge in [0.25, 0.3) is 10.1 Å². The van der Waals surface area contributed by atoms with Gasteiger partial charge in [0.2, 0.25) is 5.91 Å². The molecule has 1 N–H and O–H groups in total. The summed E-state index contributed by atoms with van der Waals surface area (Å²) in [5, 5.41) is -1.18. The van der Waals surface area contributed by atoms with Crippen molar-refractivity contribution in [2.75, 3.05) is 7.05 Å². The summed E-state index contributed by atoms with van der Waals surface area (Å²) in [5.74, 6) is -0.407. The second-order valence-electron chi connectivity index (χ2n) is 2.24. The molecule has 0 spiro atoms. The molecule has 0 heterocycles. The maximum Gasteiger partial charge on any atom is 0.286 e. The predicted molar refractivity (Wildman–Crippen MR) is 39.5 cm³/mol. The van der Waals surface area contributed by atoms with E-state index in [4.69, 9.17) is 4.55 Å². The highest BCUT2D eigenvalue weighted by Gasteiger charge is 2.23. The molecule has 1 amide bonds. The molecule has 5 nitrogen and oxygen atoms in total. The van der Waals surface area contributed by atoms with Crippen molar-refractivity contribution >= 4 is 16.0 Å². The van der Waals surface area contributed by atoms with E-state index in [0.717, 1.165) is 4.90 Å². The van der Waals surface area contributed by atoms with Crippen LogP contribution in [-0.4, -0.2) is 36.2 Å². The van der Waals surface area contributed by atoms with Gasteiger partial charge in [0.1, 0.15) is 0 Å². The van der Waals surface area contributed by atoms with E-state index in [-0.39, 0.29) is 0 Å². The lowest BCUT2D eigenvalue weighted by Crippen LogP contribution is -2.38. The molecule has 0 saturated carbocycles. The van der Waals surface area contributed by atoms with Gasteiger partial charge >= 0.3 is 0 Å². The van der Waals surface area contributed by atoms with E-state index in [1.54, 1.807) is 0 Å². The van der Waals surface area contributed by atoms with Crippen LogP contribution in [0.4, 0.5) is 0 Å². The van der Waals surface area contributed by atoms with Crippen molar-refractivity contribution in [1.29, 1.82) is 0 Å². The van der Waals surface area contributed by atoms with Crippen LogP contribution in [0.1, 0.15) is 13.8 Å². The van der Waals surface area contributed by atoms with Gasteiger partial charge in [-0.2, -0.15) is 8.42 Å². The van der Waals surface area contributed by atoms with Gasteiger partial charge in [-0.15, -0.1) is 0 Å². The van der Waals surface area contributed by atoms with E-state index in [2.05, 4.69) is 0 Å². The Balaban J connectivity index is 4.51. The van der Waals surface area contributed by atoms with Gasteiger partial charge in [-0.3, -0.25) is 9.35 Å². The average molecular weight is 181 g/mol. The number of nitrogens with zero attached hydrogens (tertiary/aromatic N) is 1. The first kappa shape index (κ1) is 10.4. The van der Waals surface area contributed by atoms with Crippen molar-refractivity contribution in [3.8, 4) is 0 Å². The van der Waals surface area contributed by atoms with E-state index < -0.39 is 21.4 Å². The van der Waals surface area contributed by atoms with Crippen LogP contribution in [0.2, 0.25) is 0 Å². The summed E-state index contributed by atoms with van der Waals surface area (Å²) >= 11 is 0. The molecule has 0 aliphatic rings. The molecule has 0 aliphatic heterocycles. The number of hydrogen-bond donors (Lipinski definition) is 1. The third-order valence-electron chi connectivity index (χ3n) is 1.47. The zero-order valence-corrected chi connectivity index (χ0v) is 7.42. The highest BCUT2D eigenvalue weighted by Crippen LogP contribution is 2.02. The average Bonchev–Trinajstić information content (AvgIpc) is 1.82. The molecule has 0 aliphatic carbocycles. The molecular formula is C5H11NO4S. The van der Waals surface area contributed by atoms with Crippen LogP contribution in [0.25, 0.3) is 0 Å². The Hall–Kier alpha value is -0.620. The van der Waals surface area contributed by atoms with E-state index >= 15 is 0 Å². The number of carbonyl (C=O) groups excluding carboxylic acids is 1. The molecule has 0 rings (SSSR count). The fourth-order valence-electron chi connectivity index (χ4n) is 0.456. The topological polar surface area (TPSA) is 74.7 Å². The molecule has 0 fully saturated rings. The first-order valence-electron chi connectivity index (χ1n) is 2.96. The molecule has 1 atom stereocenters. The Morgan fingerprint density at radius 3 is 2.00 bits per heavy atom. The van der Waals surface area contributed by atoms with Crippen molar-refractivity contribution in [1.82, 2.24) is 4.90 Å². The highest BCUT2D eigenvalue weighted by molar-refractivity contribution is 7.86. The van der Waals surface area contributed by atoms with Gasteiger partial charge in [-0.05, 0) is 6.92 Å². The smallest absolute Gasteiger partial charge is 0.286 e. The molecule has 1 unspecified atom stereocenters. The summed E-state index contributed by atoms with van der Waals surface area (Å²) in [6.07, 6.45) is 0. The van der Waals surface area contributed by atoms with E-state index in [0.29, 0.717) is 0 Å². The summed E-state index contributed by atoms with van der Waals surface area (Å²) in [6.45, 7) is 2.46. The molecule has 6 heteroatoms. The highest BCUT2D eigenvalue weighted by atomic mass is 32.2. The second-order valence-corrected chi connectivity index (χ2v) is 3.96. The molecule has 0 saturated heterocycles. The number of amides is 1. The van der Waals surface area contributed by atoms with Gasteiger partial charge in [-0.25, -0.2) is 0 Å². The molecule has 0 radical (unpaired) electrons. The van der Waals surface area contributed by atoms with Crippen molar-refractivity contribution in [3.63, 3.8) is 0 Å². The van der Waals surface area contributed by atoms with Crippen LogP contribution < -0.4 is 0 Å². The summed E-state index contributed by atoms with van der Waals surface area (Å²) in [4.78, 5) is 11.5. The molecule has 66 valence electrons. The van der Waals surface area contributed by atoms with Crippen LogP contribution in [0.5, 0.6) is 0 Å². The zero-order valence-electron chi connectivity index (χ0n) is 6.60. The lowest BCUT2D eigenvalue weighted by Gasteiger charge is -2.20. The molecular weight excluding hydrogens is 170 g/mol. The fraction of sp³-hybridized carbons (Fsp3) is 0.800. The Morgan fingerprint density at radius 2 is 1.91 bits per heavy atom. The third kappa shape index (κ3) is 2.85. The van der Waals surface area contributed by atoms with Crippen molar-refractivity contribution in [2.24, 2.45) is 0 Å². The van der Waals surface area contributed by atoms with E-state index in [1.807, 2.05) is 0 Å². The summed E-state index contributed by atoms with van der Waals surface area (Å²) in [7, 11) is -2.84. The fourth-order valence-corrected chi connectivity index (χ4v) is 1.00. The van der Waals surface area contributed by atoms with Gasteiger partial charge in [0, 0.05) is 14.0 Å². The molecule has 0 aromatic carbocycles. The van der Waals surface area contributed by atoms with Crippen molar-refractivity contribution < 1.29 is 17.8 Å². The van der Waals surface area contributed by atoms with Gasteiger partial charge in [0.15, 0.2) is 5.37 Å². The number of hydrogen-bond acceptors (Lipinski definition) is 3. The molecule has 0 bridgehead atoms. The largest absolute Gasteiger partial charge is 0.327 e. The minimum absolute atomic E-state index is 0.407. The number of carbonyl (C=O) groups is 1. The summed E-state index contributed by atoms with van der Waals surface area (Å²) in [6, 6.07) is 0. The van der Waals surface area contributed by atoms with Crippen molar-refractivity contribution in [3.05, 3.63) is 0 Å². The lowest BCUT2D eigenvalue weighted by molar-refractivity contribution is -0.128. The monoisotopic (exact) mass is 181 g/mol. The van der Waals surface area contributed by atoms with Gasteiger partial charge in [0.05, 0.1) is 0 Å². The van der Waals surface area contributed by atoms with E-state index in [9.17, 15) is 13.2 Å². The SMILES string of the molecule is CC(=O)N(C)C(C)S(=O)(=O)O.